The molecule has 0 aliphatic carbocycles. The van der Waals surface area contributed by atoms with Crippen LogP contribution in [0.25, 0.3) is 0 Å². The number of carbonyl (C=O) groups excluding carboxylic acids is 1. The number of nitrogens with zero attached hydrogens (tertiary/aromatic N) is 2. The molecule has 0 aromatic carbocycles. The van der Waals surface area contributed by atoms with Crippen LogP contribution in [0.2, 0.25) is 0 Å². The van der Waals surface area contributed by atoms with E-state index in [1.54, 1.807) is 25.7 Å². The quantitative estimate of drug-likeness (QED) is 0.767. The first kappa shape index (κ1) is 20.6. The van der Waals surface area contributed by atoms with E-state index in [2.05, 4.69) is 10.5 Å². The minimum absolute atomic E-state index is 0.279. The minimum Gasteiger partial charge on any atom is -0.444 e. The Balaban J connectivity index is 1.80. The third kappa shape index (κ3) is 3.98. The molecule has 0 bridgehead atoms. The van der Waals surface area contributed by atoms with Gasteiger partial charge in [-0.1, -0.05) is 0 Å². The number of H-pyrrole nitrogens is 1. The summed E-state index contributed by atoms with van der Waals surface area (Å²) in [6, 6.07) is -0.618. The van der Waals surface area contributed by atoms with Gasteiger partial charge in [0.15, 0.2) is 6.23 Å². The molecular formula is C18H28N4O6. The topological polar surface area (TPSA) is 115 Å². The lowest BCUT2D eigenvalue weighted by Crippen LogP contribution is -2.55. The lowest BCUT2D eigenvalue weighted by molar-refractivity contribution is -0.0651. The zero-order valence-corrected chi connectivity index (χ0v) is 17.1. The first-order valence-electron chi connectivity index (χ1n) is 9.28. The van der Waals surface area contributed by atoms with Crippen LogP contribution < -0.4 is 16.7 Å². The third-order valence-corrected chi connectivity index (χ3v) is 4.84. The molecule has 2 N–H and O–H groups in total. The van der Waals surface area contributed by atoms with Crippen LogP contribution in [0.3, 0.4) is 0 Å². The number of amides is 1. The van der Waals surface area contributed by atoms with Gasteiger partial charge in [-0.2, -0.15) is 5.48 Å². The molecule has 2 aliphatic heterocycles. The SMILES string of the molecule is Cc1cn([C@@H]2C[C@H]([C@H]3COC(C)(C)N3C(=O)OC(C)(C)C)NO2)c(=O)[nH]c1=O. The molecule has 2 aliphatic rings. The highest BCUT2D eigenvalue weighted by atomic mass is 16.7. The Morgan fingerprint density at radius 2 is 2.00 bits per heavy atom. The molecule has 10 heteroatoms. The zero-order valence-electron chi connectivity index (χ0n) is 17.1. The van der Waals surface area contributed by atoms with Crippen molar-refractivity contribution in [1.82, 2.24) is 19.9 Å². The average molecular weight is 396 g/mol. The van der Waals surface area contributed by atoms with Crippen molar-refractivity contribution < 1.29 is 19.1 Å². The summed E-state index contributed by atoms with van der Waals surface area (Å²) in [7, 11) is 0. The van der Waals surface area contributed by atoms with Crippen molar-refractivity contribution in [3.8, 4) is 0 Å². The minimum atomic E-state index is -0.835. The lowest BCUT2D eigenvalue weighted by Gasteiger charge is -2.36. The molecule has 0 unspecified atom stereocenters. The smallest absolute Gasteiger partial charge is 0.412 e. The molecule has 0 spiro atoms. The molecule has 1 amide bonds. The van der Waals surface area contributed by atoms with E-state index in [0.29, 0.717) is 18.6 Å². The highest BCUT2D eigenvalue weighted by Gasteiger charge is 2.50. The van der Waals surface area contributed by atoms with Gasteiger partial charge < -0.3 is 9.47 Å². The Kier molecular flexibility index (Phi) is 5.15. The van der Waals surface area contributed by atoms with Crippen LogP contribution in [0, 0.1) is 6.92 Å². The Morgan fingerprint density at radius 1 is 1.32 bits per heavy atom. The first-order chi connectivity index (χ1) is 12.9. The lowest BCUT2D eigenvalue weighted by atomic mass is 10.0. The second kappa shape index (κ2) is 7.02. The normalized spacial score (nSPS) is 27.2. The number of ether oxygens (including phenoxy) is 2. The summed E-state index contributed by atoms with van der Waals surface area (Å²) in [6.45, 7) is 11.0. The summed E-state index contributed by atoms with van der Waals surface area (Å²) in [5.74, 6) is 0. The Bertz CT molecular complexity index is 868. The maximum atomic E-state index is 12.8. The number of aromatic amines is 1. The largest absolute Gasteiger partial charge is 0.444 e. The number of aryl methyl sites for hydroxylation is 1. The molecule has 2 saturated heterocycles. The molecule has 1 aromatic rings. The predicted molar refractivity (Wildman–Crippen MR) is 99.6 cm³/mol. The zero-order chi connectivity index (χ0) is 20.9. The van der Waals surface area contributed by atoms with E-state index in [4.69, 9.17) is 14.3 Å². The standard InChI is InChI=1S/C18H28N4O6/c1-10-8-21(15(24)19-14(10)23)13-7-11(20-28-13)12-9-26-18(5,6)22(12)16(25)27-17(2,3)4/h8,11-13,20H,7,9H2,1-6H3,(H,19,23,24)/t11-,12-,13+/m1/s1. The van der Waals surface area contributed by atoms with Crippen LogP contribution in [-0.4, -0.2) is 50.6 Å². The van der Waals surface area contributed by atoms with E-state index in [9.17, 15) is 14.4 Å². The van der Waals surface area contributed by atoms with Crippen LogP contribution in [0.5, 0.6) is 0 Å². The molecule has 28 heavy (non-hydrogen) atoms. The molecule has 3 atom stereocenters. The maximum Gasteiger partial charge on any atom is 0.412 e. The van der Waals surface area contributed by atoms with Gasteiger partial charge >= 0.3 is 11.8 Å². The number of hydroxylamine groups is 1. The van der Waals surface area contributed by atoms with Gasteiger partial charge in [0.25, 0.3) is 5.56 Å². The number of hydrogen-bond donors (Lipinski definition) is 2. The number of nitrogens with one attached hydrogen (secondary N) is 2. The molecular weight excluding hydrogens is 368 g/mol. The third-order valence-electron chi connectivity index (χ3n) is 4.84. The molecule has 1 aromatic heterocycles. The Hall–Kier alpha value is -2.17. The fraction of sp³-hybridized carbons (Fsp3) is 0.722. The van der Waals surface area contributed by atoms with Gasteiger partial charge in [-0.3, -0.25) is 24.1 Å². The van der Waals surface area contributed by atoms with Crippen LogP contribution in [0.15, 0.2) is 15.8 Å². The van der Waals surface area contributed by atoms with Gasteiger partial charge in [0.2, 0.25) is 0 Å². The molecule has 3 rings (SSSR count). The van der Waals surface area contributed by atoms with Gasteiger partial charge in [0.1, 0.15) is 11.3 Å². The van der Waals surface area contributed by atoms with E-state index in [0.717, 1.165) is 0 Å². The van der Waals surface area contributed by atoms with Crippen LogP contribution in [0.1, 0.15) is 52.8 Å². The number of hydrogen-bond acceptors (Lipinski definition) is 7. The van der Waals surface area contributed by atoms with Crippen molar-refractivity contribution in [2.45, 2.75) is 77.6 Å². The summed E-state index contributed by atoms with van der Waals surface area (Å²) >= 11 is 0. The van der Waals surface area contributed by atoms with Gasteiger partial charge in [-0.25, -0.2) is 9.59 Å². The fourth-order valence-electron chi connectivity index (χ4n) is 3.48. The van der Waals surface area contributed by atoms with Crippen molar-refractivity contribution >= 4 is 6.09 Å². The van der Waals surface area contributed by atoms with Crippen molar-refractivity contribution in [1.29, 1.82) is 0 Å². The van der Waals surface area contributed by atoms with Gasteiger partial charge in [-0.15, -0.1) is 0 Å². The molecule has 156 valence electrons. The monoisotopic (exact) mass is 396 g/mol. The summed E-state index contributed by atoms with van der Waals surface area (Å²) in [6.07, 6.45) is 0.797. The van der Waals surface area contributed by atoms with E-state index >= 15 is 0 Å². The first-order valence-corrected chi connectivity index (χ1v) is 9.28. The van der Waals surface area contributed by atoms with E-state index in [1.165, 1.54) is 10.8 Å². The van der Waals surface area contributed by atoms with E-state index in [1.807, 2.05) is 20.8 Å². The molecule has 10 nitrogen and oxygen atoms in total. The summed E-state index contributed by atoms with van der Waals surface area (Å²) in [5.41, 5.74) is 0.880. The van der Waals surface area contributed by atoms with Crippen molar-refractivity contribution in [2.24, 2.45) is 0 Å². The molecule has 2 fully saturated rings. The second-order valence-electron chi connectivity index (χ2n) is 8.69. The van der Waals surface area contributed by atoms with Crippen molar-refractivity contribution in [2.75, 3.05) is 6.61 Å². The summed E-state index contributed by atoms with van der Waals surface area (Å²) in [5, 5.41) is 0. The van der Waals surface area contributed by atoms with E-state index < -0.39 is 34.9 Å². The van der Waals surface area contributed by atoms with Crippen LogP contribution in [0.4, 0.5) is 4.79 Å². The van der Waals surface area contributed by atoms with Crippen LogP contribution >= 0.6 is 0 Å². The molecule has 0 radical (unpaired) electrons. The Morgan fingerprint density at radius 3 is 2.64 bits per heavy atom. The van der Waals surface area contributed by atoms with Crippen LogP contribution in [-0.2, 0) is 14.3 Å². The van der Waals surface area contributed by atoms with Gasteiger partial charge in [0, 0.05) is 18.2 Å². The van der Waals surface area contributed by atoms with Crippen molar-refractivity contribution in [3.05, 3.63) is 32.6 Å². The summed E-state index contributed by atoms with van der Waals surface area (Å²) < 4.78 is 12.7. The second-order valence-corrected chi connectivity index (χ2v) is 8.69. The fourth-order valence-corrected chi connectivity index (χ4v) is 3.48. The number of aromatic nitrogens is 2. The van der Waals surface area contributed by atoms with Gasteiger partial charge in [0.05, 0.1) is 18.7 Å². The van der Waals surface area contributed by atoms with Crippen molar-refractivity contribution in [3.63, 3.8) is 0 Å². The highest BCUT2D eigenvalue weighted by molar-refractivity contribution is 5.70. The maximum absolute atomic E-state index is 12.8. The summed E-state index contributed by atoms with van der Waals surface area (Å²) in [4.78, 5) is 45.9. The average Bonchev–Trinajstić information content (AvgIpc) is 3.13. The molecule has 0 saturated carbocycles. The Labute approximate surface area is 162 Å². The predicted octanol–water partition coefficient (Wildman–Crippen LogP) is 1.01. The van der Waals surface area contributed by atoms with E-state index in [-0.39, 0.29) is 12.1 Å². The van der Waals surface area contributed by atoms with Gasteiger partial charge in [-0.05, 0) is 41.5 Å². The number of rotatable bonds is 2. The molecule has 3 heterocycles. The highest BCUT2D eigenvalue weighted by Crippen LogP contribution is 2.34. The number of carbonyl (C=O) groups is 1.